The summed E-state index contributed by atoms with van der Waals surface area (Å²) in [5.74, 6) is -0.543. The van der Waals surface area contributed by atoms with Crippen molar-refractivity contribution < 1.29 is 9.53 Å². The number of hydrogen-bond acceptors (Lipinski definition) is 3. The Bertz CT molecular complexity index is 565. The summed E-state index contributed by atoms with van der Waals surface area (Å²) in [6.45, 7) is 8.40. The van der Waals surface area contributed by atoms with Crippen LogP contribution in [0.25, 0.3) is 6.08 Å². The van der Waals surface area contributed by atoms with Crippen LogP contribution < -0.4 is 0 Å². The third kappa shape index (κ3) is 4.24. The molecule has 20 heavy (non-hydrogen) atoms. The number of unbranched alkanes of at least 4 members (excludes halogenated alkanes) is 1. The van der Waals surface area contributed by atoms with Gasteiger partial charge in [-0.3, -0.25) is 0 Å². The van der Waals surface area contributed by atoms with Gasteiger partial charge in [-0.25, -0.2) is 4.79 Å². The molecule has 0 atom stereocenters. The van der Waals surface area contributed by atoms with Crippen molar-refractivity contribution >= 4 is 12.0 Å². The van der Waals surface area contributed by atoms with Gasteiger partial charge in [-0.05, 0) is 55.5 Å². The Balaban J connectivity index is 2.98. The van der Waals surface area contributed by atoms with Crippen molar-refractivity contribution in [2.45, 2.75) is 40.5 Å². The molecule has 0 N–H and O–H groups in total. The molecule has 0 aliphatic rings. The number of carbonyl (C=O) groups excluding carboxylic acids is 1. The summed E-state index contributed by atoms with van der Waals surface area (Å²) in [5.41, 5.74) is 4.31. The molecule has 0 aliphatic heterocycles. The number of carbonyl (C=O) groups is 1. The first kappa shape index (κ1) is 16.0. The van der Waals surface area contributed by atoms with Gasteiger partial charge in [0.25, 0.3) is 0 Å². The predicted octanol–water partition coefficient (Wildman–Crippen LogP) is 3.86. The van der Waals surface area contributed by atoms with E-state index in [0.717, 1.165) is 29.5 Å². The van der Waals surface area contributed by atoms with Crippen LogP contribution in [0.15, 0.2) is 17.7 Å². The van der Waals surface area contributed by atoms with E-state index >= 15 is 0 Å². The van der Waals surface area contributed by atoms with E-state index < -0.39 is 5.97 Å². The Labute approximate surface area is 120 Å². The maximum atomic E-state index is 11.8. The molecule has 0 aromatic heterocycles. The van der Waals surface area contributed by atoms with Crippen molar-refractivity contribution in [1.82, 2.24) is 0 Å². The molecule has 1 aromatic rings. The molecule has 0 aliphatic carbocycles. The number of ether oxygens (including phenoxy) is 1. The molecular weight excluding hydrogens is 250 g/mol. The summed E-state index contributed by atoms with van der Waals surface area (Å²) < 4.78 is 5.07. The Morgan fingerprint density at radius 3 is 2.50 bits per heavy atom. The molecule has 1 aromatic carbocycles. The lowest BCUT2D eigenvalue weighted by Gasteiger charge is -2.07. The number of rotatable bonds is 5. The molecule has 0 saturated carbocycles. The largest absolute Gasteiger partial charge is 0.462 e. The first-order valence-electron chi connectivity index (χ1n) is 6.86. The van der Waals surface area contributed by atoms with Gasteiger partial charge in [-0.2, -0.15) is 5.26 Å². The van der Waals surface area contributed by atoms with Crippen LogP contribution in [0.2, 0.25) is 0 Å². The van der Waals surface area contributed by atoms with Crippen LogP contribution in [0.5, 0.6) is 0 Å². The van der Waals surface area contributed by atoms with E-state index in [2.05, 4.69) is 6.07 Å². The first-order valence-corrected chi connectivity index (χ1v) is 6.86. The molecule has 0 amide bonds. The number of hydrogen-bond donors (Lipinski definition) is 0. The standard InChI is InChI=1S/C17H21NO2/c1-5-6-7-20-17(19)16(11-18)10-15-9-13(3)12(2)8-14(15)4/h8-10H,5-7H2,1-4H3/b16-10-. The highest BCUT2D eigenvalue weighted by Crippen LogP contribution is 2.18. The maximum Gasteiger partial charge on any atom is 0.348 e. The van der Waals surface area contributed by atoms with Gasteiger partial charge >= 0.3 is 5.97 Å². The van der Waals surface area contributed by atoms with E-state index in [-0.39, 0.29) is 5.57 Å². The molecule has 3 nitrogen and oxygen atoms in total. The van der Waals surface area contributed by atoms with Crippen LogP contribution in [0.3, 0.4) is 0 Å². The molecule has 0 bridgehead atoms. The molecule has 3 heteroatoms. The predicted molar refractivity (Wildman–Crippen MR) is 80.1 cm³/mol. The van der Waals surface area contributed by atoms with Crippen molar-refractivity contribution in [2.24, 2.45) is 0 Å². The minimum Gasteiger partial charge on any atom is -0.462 e. The summed E-state index contributed by atoms with van der Waals surface area (Å²) in [5, 5.41) is 9.11. The van der Waals surface area contributed by atoms with Gasteiger partial charge in [0, 0.05) is 0 Å². The molecule has 0 heterocycles. The van der Waals surface area contributed by atoms with Crippen LogP contribution in [0, 0.1) is 32.1 Å². The van der Waals surface area contributed by atoms with Crippen molar-refractivity contribution in [1.29, 1.82) is 5.26 Å². The van der Waals surface area contributed by atoms with E-state index in [9.17, 15) is 4.79 Å². The Kier molecular flexibility index (Phi) is 5.99. The van der Waals surface area contributed by atoms with Gasteiger partial charge in [0.05, 0.1) is 6.61 Å². The minimum absolute atomic E-state index is 0.0486. The van der Waals surface area contributed by atoms with E-state index in [4.69, 9.17) is 10.00 Å². The topological polar surface area (TPSA) is 50.1 Å². The van der Waals surface area contributed by atoms with Crippen molar-refractivity contribution in [3.8, 4) is 6.07 Å². The minimum atomic E-state index is -0.543. The van der Waals surface area contributed by atoms with Crippen molar-refractivity contribution in [3.63, 3.8) is 0 Å². The lowest BCUT2D eigenvalue weighted by atomic mass is 9.99. The molecule has 0 unspecified atom stereocenters. The fourth-order valence-electron chi connectivity index (χ4n) is 1.82. The highest BCUT2D eigenvalue weighted by Gasteiger charge is 2.11. The van der Waals surface area contributed by atoms with Gasteiger partial charge in [0.15, 0.2) is 0 Å². The second kappa shape index (κ2) is 7.49. The van der Waals surface area contributed by atoms with Gasteiger partial charge in [-0.1, -0.05) is 25.5 Å². The molecule has 0 saturated heterocycles. The van der Waals surface area contributed by atoms with Gasteiger partial charge in [0.1, 0.15) is 11.6 Å². The smallest absolute Gasteiger partial charge is 0.348 e. The fourth-order valence-corrected chi connectivity index (χ4v) is 1.82. The Morgan fingerprint density at radius 2 is 1.90 bits per heavy atom. The lowest BCUT2D eigenvalue weighted by molar-refractivity contribution is -0.138. The van der Waals surface area contributed by atoms with Gasteiger partial charge < -0.3 is 4.74 Å². The highest BCUT2D eigenvalue weighted by atomic mass is 16.5. The third-order valence-electron chi connectivity index (χ3n) is 3.25. The fraction of sp³-hybridized carbons (Fsp3) is 0.412. The molecule has 1 rings (SSSR count). The van der Waals surface area contributed by atoms with Crippen LogP contribution in [0.1, 0.15) is 42.0 Å². The van der Waals surface area contributed by atoms with Crippen LogP contribution >= 0.6 is 0 Å². The molecule has 0 spiro atoms. The van der Waals surface area contributed by atoms with Crippen LogP contribution in [-0.4, -0.2) is 12.6 Å². The molecule has 0 fully saturated rings. The average Bonchev–Trinajstić information content (AvgIpc) is 2.41. The summed E-state index contributed by atoms with van der Waals surface area (Å²) in [4.78, 5) is 11.8. The third-order valence-corrected chi connectivity index (χ3v) is 3.25. The zero-order chi connectivity index (χ0) is 15.1. The summed E-state index contributed by atoms with van der Waals surface area (Å²) in [6.07, 6.45) is 3.37. The monoisotopic (exact) mass is 271 g/mol. The second-order valence-corrected chi connectivity index (χ2v) is 4.95. The van der Waals surface area contributed by atoms with E-state index in [1.165, 1.54) is 5.56 Å². The van der Waals surface area contributed by atoms with E-state index in [1.807, 2.05) is 39.8 Å². The number of aryl methyl sites for hydroxylation is 3. The van der Waals surface area contributed by atoms with Crippen LogP contribution in [-0.2, 0) is 9.53 Å². The number of nitriles is 1. The summed E-state index contributed by atoms with van der Waals surface area (Å²) in [6, 6.07) is 5.97. The number of nitrogens with zero attached hydrogens (tertiary/aromatic N) is 1. The normalized spacial score (nSPS) is 11.1. The maximum absolute atomic E-state index is 11.8. The van der Waals surface area contributed by atoms with E-state index in [0.29, 0.717) is 6.61 Å². The zero-order valence-corrected chi connectivity index (χ0v) is 12.6. The first-order chi connectivity index (χ1) is 9.49. The highest BCUT2D eigenvalue weighted by molar-refractivity contribution is 5.98. The lowest BCUT2D eigenvalue weighted by Crippen LogP contribution is -2.08. The second-order valence-electron chi connectivity index (χ2n) is 4.95. The SMILES string of the molecule is CCCCOC(=O)/C(C#N)=C\c1cc(C)c(C)cc1C. The van der Waals surface area contributed by atoms with E-state index in [1.54, 1.807) is 6.08 Å². The zero-order valence-electron chi connectivity index (χ0n) is 12.6. The number of benzene rings is 1. The Morgan fingerprint density at radius 1 is 1.25 bits per heavy atom. The van der Waals surface area contributed by atoms with Crippen molar-refractivity contribution in [2.75, 3.05) is 6.61 Å². The van der Waals surface area contributed by atoms with Crippen LogP contribution in [0.4, 0.5) is 0 Å². The van der Waals surface area contributed by atoms with Crippen molar-refractivity contribution in [3.05, 3.63) is 40.0 Å². The average molecular weight is 271 g/mol. The molecule has 106 valence electrons. The van der Waals surface area contributed by atoms with Gasteiger partial charge in [0.2, 0.25) is 0 Å². The summed E-state index contributed by atoms with van der Waals surface area (Å²) in [7, 11) is 0. The molecular formula is C17H21NO2. The quantitative estimate of drug-likeness (QED) is 0.353. The van der Waals surface area contributed by atoms with Gasteiger partial charge in [-0.15, -0.1) is 0 Å². The molecule has 0 radical (unpaired) electrons. The Hall–Kier alpha value is -2.08. The summed E-state index contributed by atoms with van der Waals surface area (Å²) >= 11 is 0. The number of esters is 1.